The summed E-state index contributed by atoms with van der Waals surface area (Å²) < 4.78 is 0. The van der Waals surface area contributed by atoms with Gasteiger partial charge in [-0.15, -0.1) is 0 Å². The predicted molar refractivity (Wildman–Crippen MR) is 94.3 cm³/mol. The van der Waals surface area contributed by atoms with Crippen LogP contribution < -0.4 is 10.6 Å². The van der Waals surface area contributed by atoms with Crippen LogP contribution in [-0.2, 0) is 14.4 Å². The van der Waals surface area contributed by atoms with Crippen molar-refractivity contribution < 1.29 is 19.5 Å². The van der Waals surface area contributed by atoms with Crippen LogP contribution >= 0.6 is 11.6 Å². The molecule has 0 heterocycles. The van der Waals surface area contributed by atoms with Crippen molar-refractivity contribution in [2.45, 2.75) is 38.6 Å². The number of halogens is 1. The summed E-state index contributed by atoms with van der Waals surface area (Å²) in [5.41, 5.74) is 0.941. The monoisotopic (exact) mass is 366 g/mol. The van der Waals surface area contributed by atoms with E-state index in [4.69, 9.17) is 16.7 Å². The van der Waals surface area contributed by atoms with Gasteiger partial charge in [0.1, 0.15) is 6.04 Å². The third kappa shape index (κ3) is 5.46. The lowest BCUT2D eigenvalue weighted by atomic mass is 10.0. The van der Waals surface area contributed by atoms with Gasteiger partial charge in [-0.1, -0.05) is 43.6 Å². The maximum Gasteiger partial charge on any atom is 0.326 e. The fourth-order valence-electron chi connectivity index (χ4n) is 2.84. The van der Waals surface area contributed by atoms with Crippen LogP contribution in [-0.4, -0.2) is 35.5 Å². The quantitative estimate of drug-likeness (QED) is 0.657. The number of nitrogens with one attached hydrogen (secondary N) is 2. The minimum absolute atomic E-state index is 0.0736. The lowest BCUT2D eigenvalue weighted by Gasteiger charge is -2.16. The summed E-state index contributed by atoms with van der Waals surface area (Å²) in [6, 6.07) is 6.46. The molecule has 0 bridgehead atoms. The van der Waals surface area contributed by atoms with E-state index < -0.39 is 17.9 Å². The van der Waals surface area contributed by atoms with Crippen molar-refractivity contribution in [3.05, 3.63) is 34.9 Å². The Balaban J connectivity index is 1.80. The van der Waals surface area contributed by atoms with Crippen LogP contribution in [0.2, 0.25) is 5.02 Å². The highest BCUT2D eigenvalue weighted by Gasteiger charge is 2.44. The summed E-state index contributed by atoms with van der Waals surface area (Å²) in [7, 11) is 0. The van der Waals surface area contributed by atoms with Gasteiger partial charge in [0.05, 0.1) is 6.54 Å². The molecular weight excluding hydrogens is 344 g/mol. The second kappa shape index (κ2) is 8.34. The molecule has 7 heteroatoms. The topological polar surface area (TPSA) is 95.5 Å². The number of aliphatic carboxylic acids is 1. The van der Waals surface area contributed by atoms with E-state index in [0.717, 1.165) is 5.56 Å². The number of carbonyl (C=O) groups is 3. The van der Waals surface area contributed by atoms with E-state index in [1.54, 1.807) is 6.07 Å². The van der Waals surface area contributed by atoms with Crippen LogP contribution in [0.3, 0.4) is 0 Å². The van der Waals surface area contributed by atoms with Gasteiger partial charge in [0, 0.05) is 10.9 Å². The molecule has 3 N–H and O–H groups in total. The largest absolute Gasteiger partial charge is 0.480 e. The standard InChI is InChI=1S/C18H23ClN2O4/c1-10(2)7-15(18(24)25)21-16(22)9-20-17(23)13-8-12(13)11-5-3-4-6-14(11)19/h3-6,10,12-13,15H,7-9H2,1-2H3,(H,20,23)(H,21,22)(H,24,25)/t12?,13?,15-/m0/s1. The second-order valence-electron chi connectivity index (χ2n) is 6.78. The number of hydrogen-bond donors (Lipinski definition) is 3. The van der Waals surface area contributed by atoms with Gasteiger partial charge in [-0.2, -0.15) is 0 Å². The normalized spacial score (nSPS) is 20.0. The van der Waals surface area contributed by atoms with E-state index in [0.29, 0.717) is 17.9 Å². The zero-order chi connectivity index (χ0) is 18.6. The molecule has 1 aromatic rings. The van der Waals surface area contributed by atoms with Crippen LogP contribution in [0.15, 0.2) is 24.3 Å². The molecule has 1 aliphatic carbocycles. The number of benzene rings is 1. The molecular formula is C18H23ClN2O4. The first-order chi connectivity index (χ1) is 11.8. The molecule has 136 valence electrons. The highest BCUT2D eigenvalue weighted by Crippen LogP contribution is 2.49. The molecule has 6 nitrogen and oxygen atoms in total. The molecule has 2 amide bonds. The van der Waals surface area contributed by atoms with Crippen molar-refractivity contribution in [3.63, 3.8) is 0 Å². The first kappa shape index (κ1) is 19.2. The van der Waals surface area contributed by atoms with Crippen LogP contribution in [0, 0.1) is 11.8 Å². The van der Waals surface area contributed by atoms with Gasteiger partial charge in [-0.25, -0.2) is 4.79 Å². The first-order valence-corrected chi connectivity index (χ1v) is 8.71. The number of amides is 2. The van der Waals surface area contributed by atoms with Gasteiger partial charge in [-0.05, 0) is 36.3 Å². The SMILES string of the molecule is CC(C)C[C@H](NC(=O)CNC(=O)C1CC1c1ccccc1Cl)C(=O)O. The Morgan fingerprint density at radius 3 is 2.56 bits per heavy atom. The number of hydrogen-bond acceptors (Lipinski definition) is 3. The van der Waals surface area contributed by atoms with Crippen molar-refractivity contribution in [1.29, 1.82) is 0 Å². The fourth-order valence-corrected chi connectivity index (χ4v) is 3.12. The highest BCUT2D eigenvalue weighted by atomic mass is 35.5. The van der Waals surface area contributed by atoms with Crippen molar-refractivity contribution in [3.8, 4) is 0 Å². The summed E-state index contributed by atoms with van der Waals surface area (Å²) in [4.78, 5) is 35.2. The Hall–Kier alpha value is -2.08. The number of carboxylic acids is 1. The molecule has 1 fully saturated rings. The number of rotatable bonds is 8. The average Bonchev–Trinajstić information content (AvgIpc) is 3.32. The maximum absolute atomic E-state index is 12.2. The highest BCUT2D eigenvalue weighted by molar-refractivity contribution is 6.31. The van der Waals surface area contributed by atoms with Crippen molar-refractivity contribution in [2.24, 2.45) is 11.8 Å². The lowest BCUT2D eigenvalue weighted by Crippen LogP contribution is -2.46. The number of carboxylic acid groups (broad SMARTS) is 1. The molecule has 1 saturated carbocycles. The average molecular weight is 367 g/mol. The first-order valence-electron chi connectivity index (χ1n) is 8.34. The molecule has 25 heavy (non-hydrogen) atoms. The zero-order valence-electron chi connectivity index (χ0n) is 14.3. The summed E-state index contributed by atoms with van der Waals surface area (Å²) in [5, 5.41) is 14.8. The van der Waals surface area contributed by atoms with Crippen molar-refractivity contribution in [2.75, 3.05) is 6.54 Å². The molecule has 0 aromatic heterocycles. The van der Waals surface area contributed by atoms with Crippen molar-refractivity contribution in [1.82, 2.24) is 10.6 Å². The second-order valence-corrected chi connectivity index (χ2v) is 7.18. The Morgan fingerprint density at radius 1 is 1.28 bits per heavy atom. The molecule has 0 spiro atoms. The van der Waals surface area contributed by atoms with Gasteiger partial charge in [0.15, 0.2) is 0 Å². The van der Waals surface area contributed by atoms with Gasteiger partial charge in [0.2, 0.25) is 11.8 Å². The summed E-state index contributed by atoms with van der Waals surface area (Å²) in [6.07, 6.45) is 1.04. The Bertz CT molecular complexity index is 662. The summed E-state index contributed by atoms with van der Waals surface area (Å²) in [5.74, 6) is -1.77. The van der Waals surface area contributed by atoms with Crippen LogP contribution in [0.25, 0.3) is 0 Å². The van der Waals surface area contributed by atoms with Crippen LogP contribution in [0.5, 0.6) is 0 Å². The van der Waals surface area contributed by atoms with E-state index >= 15 is 0 Å². The van der Waals surface area contributed by atoms with Gasteiger partial charge >= 0.3 is 5.97 Å². The van der Waals surface area contributed by atoms with E-state index in [9.17, 15) is 14.4 Å². The number of carbonyl (C=O) groups excluding carboxylic acids is 2. The van der Waals surface area contributed by atoms with E-state index in [1.807, 2.05) is 32.0 Å². The maximum atomic E-state index is 12.2. The molecule has 3 atom stereocenters. The molecule has 1 aromatic carbocycles. The molecule has 0 saturated heterocycles. The Kier molecular flexibility index (Phi) is 6.42. The Labute approximate surface area is 151 Å². The summed E-state index contributed by atoms with van der Waals surface area (Å²) in [6.45, 7) is 3.53. The Morgan fingerprint density at radius 2 is 1.96 bits per heavy atom. The van der Waals surface area contributed by atoms with Crippen LogP contribution in [0.4, 0.5) is 0 Å². The van der Waals surface area contributed by atoms with Gasteiger partial charge in [-0.3, -0.25) is 9.59 Å². The third-order valence-corrected chi connectivity index (χ3v) is 4.54. The smallest absolute Gasteiger partial charge is 0.326 e. The van der Waals surface area contributed by atoms with E-state index in [1.165, 1.54) is 0 Å². The lowest BCUT2D eigenvalue weighted by molar-refractivity contribution is -0.142. The molecule has 0 aliphatic heterocycles. The van der Waals surface area contributed by atoms with Crippen molar-refractivity contribution >= 4 is 29.4 Å². The summed E-state index contributed by atoms with van der Waals surface area (Å²) >= 11 is 6.13. The van der Waals surface area contributed by atoms with E-state index in [2.05, 4.69) is 10.6 Å². The van der Waals surface area contributed by atoms with Gasteiger partial charge in [0.25, 0.3) is 0 Å². The van der Waals surface area contributed by atoms with Gasteiger partial charge < -0.3 is 15.7 Å². The minimum atomic E-state index is -1.07. The molecule has 2 rings (SSSR count). The van der Waals surface area contributed by atoms with E-state index in [-0.39, 0.29) is 30.2 Å². The third-order valence-electron chi connectivity index (χ3n) is 4.20. The molecule has 0 radical (unpaired) electrons. The molecule has 1 aliphatic rings. The zero-order valence-corrected chi connectivity index (χ0v) is 15.0. The minimum Gasteiger partial charge on any atom is -0.480 e. The van der Waals surface area contributed by atoms with Crippen LogP contribution in [0.1, 0.15) is 38.2 Å². The molecule has 2 unspecified atom stereocenters. The predicted octanol–water partition coefficient (Wildman–Crippen LogP) is 2.18. The fraction of sp³-hybridized carbons (Fsp3) is 0.500.